The van der Waals surface area contributed by atoms with Crippen molar-refractivity contribution < 1.29 is 0 Å². The van der Waals surface area contributed by atoms with E-state index in [-0.39, 0.29) is 0 Å². The van der Waals surface area contributed by atoms with Gasteiger partial charge in [0.2, 0.25) is 0 Å². The van der Waals surface area contributed by atoms with E-state index < -0.39 is 0 Å². The topological polar surface area (TPSA) is 15.3 Å². The fourth-order valence-corrected chi connectivity index (χ4v) is 3.17. The van der Waals surface area contributed by atoms with E-state index in [9.17, 15) is 0 Å². The summed E-state index contributed by atoms with van der Waals surface area (Å²) in [7, 11) is 4.50. The summed E-state index contributed by atoms with van der Waals surface area (Å²) in [6, 6.07) is 0. The molecule has 1 rings (SSSR count). The summed E-state index contributed by atoms with van der Waals surface area (Å²) in [5.74, 6) is 0. The summed E-state index contributed by atoms with van der Waals surface area (Å²) in [5, 5.41) is 3.70. The van der Waals surface area contributed by atoms with Crippen molar-refractivity contribution in [2.75, 3.05) is 27.2 Å². The lowest BCUT2D eigenvalue weighted by atomic mass is 9.96. The Morgan fingerprint density at radius 3 is 2.17 bits per heavy atom. The van der Waals surface area contributed by atoms with Gasteiger partial charge in [0.1, 0.15) is 0 Å². The molecule has 0 spiro atoms. The van der Waals surface area contributed by atoms with Crippen molar-refractivity contribution in [3.63, 3.8) is 0 Å². The average Bonchev–Trinajstić information content (AvgIpc) is 2.83. The molecule has 0 amide bonds. The second-order valence-electron chi connectivity index (χ2n) is 6.27. The fourth-order valence-electron chi connectivity index (χ4n) is 3.17. The minimum Gasteiger partial charge on any atom is -0.315 e. The zero-order valence-electron chi connectivity index (χ0n) is 12.9. The van der Waals surface area contributed by atoms with E-state index in [4.69, 9.17) is 0 Å². The van der Waals surface area contributed by atoms with Crippen LogP contribution in [0.15, 0.2) is 0 Å². The lowest BCUT2D eigenvalue weighted by Gasteiger charge is -2.36. The summed E-state index contributed by atoms with van der Waals surface area (Å²) < 4.78 is 0. The maximum absolute atomic E-state index is 3.70. The van der Waals surface area contributed by atoms with Gasteiger partial charge >= 0.3 is 0 Å². The summed E-state index contributed by atoms with van der Waals surface area (Å²) in [5.41, 5.74) is 0.461. The van der Waals surface area contributed by atoms with Crippen LogP contribution in [-0.4, -0.2) is 37.6 Å². The molecule has 0 unspecified atom stereocenters. The highest BCUT2D eigenvalue weighted by molar-refractivity contribution is 4.94. The Kier molecular flexibility index (Phi) is 7.92. The van der Waals surface area contributed by atoms with Crippen molar-refractivity contribution in [2.45, 2.75) is 76.7 Å². The van der Waals surface area contributed by atoms with Crippen LogP contribution in [0.2, 0.25) is 0 Å². The molecule has 0 bridgehead atoms. The standard InChI is InChI=1S/C16H34N2/c1-4-5-6-7-8-11-14-17-15-16(18(2)3)12-9-10-13-16/h17H,4-15H2,1-3H3. The summed E-state index contributed by atoms with van der Waals surface area (Å²) in [4.78, 5) is 2.45. The first-order valence-electron chi connectivity index (χ1n) is 8.09. The monoisotopic (exact) mass is 254 g/mol. The first kappa shape index (κ1) is 16.0. The van der Waals surface area contributed by atoms with Gasteiger partial charge in [0.05, 0.1) is 0 Å². The summed E-state index contributed by atoms with van der Waals surface area (Å²) >= 11 is 0. The molecular weight excluding hydrogens is 220 g/mol. The minimum atomic E-state index is 0.461. The number of nitrogens with one attached hydrogen (secondary N) is 1. The van der Waals surface area contributed by atoms with Gasteiger partial charge in [0.15, 0.2) is 0 Å². The number of hydrogen-bond acceptors (Lipinski definition) is 2. The van der Waals surface area contributed by atoms with Crippen molar-refractivity contribution in [2.24, 2.45) is 0 Å². The molecule has 1 fully saturated rings. The zero-order chi connectivity index (χ0) is 13.3. The van der Waals surface area contributed by atoms with Gasteiger partial charge in [-0.25, -0.2) is 0 Å². The van der Waals surface area contributed by atoms with Gasteiger partial charge in [-0.2, -0.15) is 0 Å². The summed E-state index contributed by atoms with van der Waals surface area (Å²) in [6.07, 6.45) is 14.0. The molecule has 0 aromatic heterocycles. The largest absolute Gasteiger partial charge is 0.315 e. The molecule has 1 aliphatic rings. The third kappa shape index (κ3) is 5.27. The molecule has 0 heterocycles. The van der Waals surface area contributed by atoms with Crippen molar-refractivity contribution in [3.8, 4) is 0 Å². The highest BCUT2D eigenvalue weighted by atomic mass is 15.2. The lowest BCUT2D eigenvalue weighted by molar-refractivity contribution is 0.154. The van der Waals surface area contributed by atoms with Gasteiger partial charge in [-0.05, 0) is 39.9 Å². The molecule has 1 saturated carbocycles. The van der Waals surface area contributed by atoms with Gasteiger partial charge in [-0.15, -0.1) is 0 Å². The summed E-state index contributed by atoms with van der Waals surface area (Å²) in [6.45, 7) is 4.68. The van der Waals surface area contributed by atoms with Crippen LogP contribution >= 0.6 is 0 Å². The van der Waals surface area contributed by atoms with Crippen LogP contribution in [0, 0.1) is 0 Å². The van der Waals surface area contributed by atoms with E-state index in [0.717, 1.165) is 0 Å². The van der Waals surface area contributed by atoms with Crippen LogP contribution in [0.5, 0.6) is 0 Å². The molecule has 0 aliphatic heterocycles. The van der Waals surface area contributed by atoms with E-state index >= 15 is 0 Å². The fraction of sp³-hybridized carbons (Fsp3) is 1.00. The first-order chi connectivity index (χ1) is 8.71. The van der Waals surface area contributed by atoms with Gasteiger partial charge < -0.3 is 10.2 Å². The minimum absolute atomic E-state index is 0.461. The molecule has 18 heavy (non-hydrogen) atoms. The quantitative estimate of drug-likeness (QED) is 0.596. The third-order valence-electron chi connectivity index (χ3n) is 4.64. The van der Waals surface area contributed by atoms with Crippen molar-refractivity contribution in [3.05, 3.63) is 0 Å². The lowest BCUT2D eigenvalue weighted by Crippen LogP contribution is -2.49. The molecule has 1 N–H and O–H groups in total. The molecule has 108 valence electrons. The molecule has 2 nitrogen and oxygen atoms in total. The first-order valence-corrected chi connectivity index (χ1v) is 8.09. The molecule has 0 aromatic rings. The predicted molar refractivity (Wildman–Crippen MR) is 81.1 cm³/mol. The van der Waals surface area contributed by atoms with Crippen molar-refractivity contribution in [1.82, 2.24) is 10.2 Å². The van der Waals surface area contributed by atoms with Gasteiger partial charge in [-0.1, -0.05) is 51.9 Å². The predicted octanol–water partition coefficient (Wildman–Crippen LogP) is 3.81. The van der Waals surface area contributed by atoms with Gasteiger partial charge in [-0.3, -0.25) is 0 Å². The molecule has 0 radical (unpaired) electrons. The SMILES string of the molecule is CCCCCCCCNCC1(N(C)C)CCCC1. The van der Waals surface area contributed by atoms with Crippen LogP contribution < -0.4 is 5.32 Å². The van der Waals surface area contributed by atoms with E-state index in [0.29, 0.717) is 5.54 Å². The number of nitrogens with zero attached hydrogens (tertiary/aromatic N) is 1. The van der Waals surface area contributed by atoms with Crippen LogP contribution in [-0.2, 0) is 0 Å². The van der Waals surface area contributed by atoms with E-state index in [1.54, 1.807) is 0 Å². The zero-order valence-corrected chi connectivity index (χ0v) is 12.9. The van der Waals surface area contributed by atoms with E-state index in [2.05, 4.69) is 31.2 Å². The Morgan fingerprint density at radius 2 is 1.56 bits per heavy atom. The average molecular weight is 254 g/mol. The van der Waals surface area contributed by atoms with Gasteiger partial charge in [0.25, 0.3) is 0 Å². The Morgan fingerprint density at radius 1 is 0.944 bits per heavy atom. The number of likely N-dealkylation sites (N-methyl/N-ethyl adjacent to an activating group) is 1. The molecular formula is C16H34N2. The van der Waals surface area contributed by atoms with E-state index in [1.165, 1.54) is 77.3 Å². The number of unbranched alkanes of at least 4 members (excludes halogenated alkanes) is 5. The Bertz CT molecular complexity index is 195. The smallest absolute Gasteiger partial charge is 0.0327 e. The number of hydrogen-bond donors (Lipinski definition) is 1. The molecule has 2 heteroatoms. The third-order valence-corrected chi connectivity index (χ3v) is 4.64. The highest BCUT2D eigenvalue weighted by Crippen LogP contribution is 2.32. The normalized spacial score (nSPS) is 18.7. The number of rotatable bonds is 10. The van der Waals surface area contributed by atoms with Crippen LogP contribution in [0.1, 0.15) is 71.1 Å². The van der Waals surface area contributed by atoms with Gasteiger partial charge in [0, 0.05) is 12.1 Å². The highest BCUT2D eigenvalue weighted by Gasteiger charge is 2.35. The van der Waals surface area contributed by atoms with Crippen molar-refractivity contribution >= 4 is 0 Å². The molecule has 0 saturated heterocycles. The second-order valence-corrected chi connectivity index (χ2v) is 6.27. The Hall–Kier alpha value is -0.0800. The molecule has 0 atom stereocenters. The Balaban J connectivity index is 2.02. The maximum Gasteiger partial charge on any atom is 0.0327 e. The van der Waals surface area contributed by atoms with Crippen LogP contribution in [0.3, 0.4) is 0 Å². The molecule has 0 aromatic carbocycles. The van der Waals surface area contributed by atoms with E-state index in [1.807, 2.05) is 0 Å². The second kappa shape index (κ2) is 8.92. The van der Waals surface area contributed by atoms with Crippen LogP contribution in [0.4, 0.5) is 0 Å². The van der Waals surface area contributed by atoms with Crippen molar-refractivity contribution in [1.29, 1.82) is 0 Å². The van der Waals surface area contributed by atoms with Crippen LogP contribution in [0.25, 0.3) is 0 Å². The Labute approximate surface area is 115 Å². The molecule has 1 aliphatic carbocycles. The maximum atomic E-state index is 3.70.